The third kappa shape index (κ3) is 4.72. The molecule has 11 nitrogen and oxygen atoms in total. The number of benzene rings is 1. The fraction of sp³-hybridized carbons (Fsp3) is 0.350. The Labute approximate surface area is 177 Å². The van der Waals surface area contributed by atoms with Crippen LogP contribution in [0.3, 0.4) is 0 Å². The van der Waals surface area contributed by atoms with E-state index in [1.165, 1.54) is 15.9 Å². The van der Waals surface area contributed by atoms with E-state index in [0.29, 0.717) is 12.0 Å². The molecule has 0 bridgehead atoms. The van der Waals surface area contributed by atoms with E-state index in [2.05, 4.69) is 5.32 Å². The number of carbonyl (C=O) groups excluding carboxylic acids is 3. The van der Waals surface area contributed by atoms with Gasteiger partial charge in [-0.2, -0.15) is 0 Å². The van der Waals surface area contributed by atoms with Crippen LogP contribution in [0, 0.1) is 17.0 Å². The molecule has 11 heteroatoms. The molecule has 0 spiro atoms. The predicted octanol–water partition coefficient (Wildman–Crippen LogP) is 0.886. The molecule has 1 aliphatic heterocycles. The SMILES string of the molecule is Cc1ccc(C(=O)N2CCCN(C(=O)c3ccc([N+](=O)[O-])o3)C2C(=O)NCCN)cc1. The van der Waals surface area contributed by atoms with Crippen LogP contribution in [0.4, 0.5) is 5.88 Å². The lowest BCUT2D eigenvalue weighted by Gasteiger charge is -2.42. The Morgan fingerprint density at radius 2 is 1.77 bits per heavy atom. The highest BCUT2D eigenvalue weighted by Gasteiger charge is 2.41. The van der Waals surface area contributed by atoms with Crippen molar-refractivity contribution in [3.05, 3.63) is 63.4 Å². The van der Waals surface area contributed by atoms with Gasteiger partial charge in [0.05, 0.1) is 6.07 Å². The molecule has 3 rings (SSSR count). The fourth-order valence-electron chi connectivity index (χ4n) is 3.36. The summed E-state index contributed by atoms with van der Waals surface area (Å²) in [7, 11) is 0. The van der Waals surface area contributed by atoms with E-state index in [1.807, 2.05) is 6.92 Å². The van der Waals surface area contributed by atoms with Crippen molar-refractivity contribution >= 4 is 23.6 Å². The number of nitrogens with zero attached hydrogens (tertiary/aromatic N) is 3. The van der Waals surface area contributed by atoms with E-state index in [1.54, 1.807) is 24.3 Å². The topological polar surface area (TPSA) is 152 Å². The molecule has 1 atom stereocenters. The quantitative estimate of drug-likeness (QED) is 0.511. The monoisotopic (exact) mass is 429 g/mol. The van der Waals surface area contributed by atoms with Crippen LogP contribution >= 0.6 is 0 Å². The molecule has 3 N–H and O–H groups in total. The Balaban J connectivity index is 1.93. The minimum absolute atomic E-state index is 0.163. The zero-order valence-electron chi connectivity index (χ0n) is 16.9. The van der Waals surface area contributed by atoms with Crippen molar-refractivity contribution < 1.29 is 23.7 Å². The standard InChI is InChI=1S/C20H23N5O6/c1-13-3-5-14(6-4-13)19(27)23-11-2-12-24(18(23)17(26)22-10-9-21)20(28)15-7-8-16(31-15)25(29)30/h3-8,18H,2,9-12,21H2,1H3,(H,22,26). The first-order valence-corrected chi connectivity index (χ1v) is 9.74. The molecule has 0 saturated carbocycles. The molecule has 1 aromatic carbocycles. The minimum atomic E-state index is -1.24. The number of rotatable bonds is 6. The first-order valence-electron chi connectivity index (χ1n) is 9.74. The number of carbonyl (C=O) groups is 3. The van der Waals surface area contributed by atoms with E-state index in [9.17, 15) is 24.5 Å². The molecular formula is C20H23N5O6. The van der Waals surface area contributed by atoms with E-state index < -0.39 is 34.7 Å². The first-order chi connectivity index (χ1) is 14.8. The molecule has 1 saturated heterocycles. The number of aryl methyl sites for hydroxylation is 1. The number of furan rings is 1. The molecule has 2 aromatic rings. The van der Waals surface area contributed by atoms with Crippen molar-refractivity contribution in [2.75, 3.05) is 26.2 Å². The number of hydrogen-bond donors (Lipinski definition) is 2. The number of nitrogens with two attached hydrogens (primary N) is 1. The summed E-state index contributed by atoms with van der Waals surface area (Å²) in [5.41, 5.74) is 6.82. The number of hydrogen-bond acceptors (Lipinski definition) is 7. The van der Waals surface area contributed by atoms with Crippen molar-refractivity contribution in [2.24, 2.45) is 5.73 Å². The van der Waals surface area contributed by atoms with Crippen LogP contribution in [0.2, 0.25) is 0 Å². The van der Waals surface area contributed by atoms with Crippen LogP contribution in [-0.2, 0) is 4.79 Å². The first kappa shape index (κ1) is 22.0. The predicted molar refractivity (Wildman–Crippen MR) is 109 cm³/mol. The molecule has 1 aromatic heterocycles. The normalized spacial score (nSPS) is 16.1. The molecule has 1 unspecified atom stereocenters. The van der Waals surface area contributed by atoms with Gasteiger partial charge in [0, 0.05) is 31.7 Å². The van der Waals surface area contributed by atoms with Crippen LogP contribution in [-0.4, -0.2) is 64.8 Å². The van der Waals surface area contributed by atoms with Gasteiger partial charge in [-0.15, -0.1) is 0 Å². The van der Waals surface area contributed by atoms with Gasteiger partial charge in [0.1, 0.15) is 4.92 Å². The number of nitro groups is 1. The maximum Gasteiger partial charge on any atom is 0.433 e. The largest absolute Gasteiger partial charge is 0.433 e. The van der Waals surface area contributed by atoms with Crippen molar-refractivity contribution in [1.82, 2.24) is 15.1 Å². The van der Waals surface area contributed by atoms with Gasteiger partial charge in [0.15, 0.2) is 11.9 Å². The Kier molecular flexibility index (Phi) is 6.65. The van der Waals surface area contributed by atoms with Gasteiger partial charge >= 0.3 is 5.88 Å². The van der Waals surface area contributed by atoms with Gasteiger partial charge < -0.3 is 25.3 Å². The lowest BCUT2D eigenvalue weighted by Crippen LogP contribution is -2.63. The van der Waals surface area contributed by atoms with Crippen molar-refractivity contribution in [1.29, 1.82) is 0 Å². The second-order valence-corrected chi connectivity index (χ2v) is 7.07. The van der Waals surface area contributed by atoms with Crippen molar-refractivity contribution in [3.8, 4) is 0 Å². The van der Waals surface area contributed by atoms with Crippen molar-refractivity contribution in [3.63, 3.8) is 0 Å². The molecular weight excluding hydrogens is 406 g/mol. The molecule has 0 radical (unpaired) electrons. The zero-order valence-corrected chi connectivity index (χ0v) is 16.9. The second kappa shape index (κ2) is 9.39. The van der Waals surface area contributed by atoms with Gasteiger partial charge in [0.25, 0.3) is 17.7 Å². The summed E-state index contributed by atoms with van der Waals surface area (Å²) in [6, 6.07) is 9.12. The molecule has 1 aliphatic rings. The summed E-state index contributed by atoms with van der Waals surface area (Å²) < 4.78 is 5.02. The Hall–Kier alpha value is -3.73. The maximum atomic E-state index is 13.2. The van der Waals surface area contributed by atoms with Gasteiger partial charge in [0.2, 0.25) is 0 Å². The summed E-state index contributed by atoms with van der Waals surface area (Å²) in [5.74, 6) is -2.57. The summed E-state index contributed by atoms with van der Waals surface area (Å²) in [5, 5.41) is 13.5. The third-order valence-electron chi connectivity index (χ3n) is 4.87. The Morgan fingerprint density at radius 1 is 1.13 bits per heavy atom. The molecule has 31 heavy (non-hydrogen) atoms. The van der Waals surface area contributed by atoms with E-state index in [0.717, 1.165) is 11.6 Å². The highest BCUT2D eigenvalue weighted by atomic mass is 16.6. The van der Waals surface area contributed by atoms with Gasteiger partial charge in [-0.3, -0.25) is 24.5 Å². The molecule has 3 amide bonds. The summed E-state index contributed by atoms with van der Waals surface area (Å²) >= 11 is 0. The lowest BCUT2D eigenvalue weighted by molar-refractivity contribution is -0.402. The average molecular weight is 429 g/mol. The molecule has 0 aliphatic carbocycles. The highest BCUT2D eigenvalue weighted by Crippen LogP contribution is 2.23. The number of amides is 3. The van der Waals surface area contributed by atoms with Gasteiger partial charge in [-0.1, -0.05) is 17.7 Å². The summed E-state index contributed by atoms with van der Waals surface area (Å²) in [4.78, 5) is 51.8. The zero-order chi connectivity index (χ0) is 22.5. The fourth-order valence-corrected chi connectivity index (χ4v) is 3.36. The van der Waals surface area contributed by atoms with E-state index in [-0.39, 0.29) is 31.9 Å². The maximum absolute atomic E-state index is 13.2. The summed E-state index contributed by atoms with van der Waals surface area (Å²) in [6.45, 7) is 2.67. The van der Waals surface area contributed by atoms with Gasteiger partial charge in [-0.05, 0) is 31.5 Å². The average Bonchev–Trinajstić information content (AvgIpc) is 3.27. The smallest absolute Gasteiger partial charge is 0.395 e. The minimum Gasteiger partial charge on any atom is -0.395 e. The Morgan fingerprint density at radius 3 is 2.35 bits per heavy atom. The van der Waals surface area contributed by atoms with Crippen LogP contribution in [0.25, 0.3) is 0 Å². The summed E-state index contributed by atoms with van der Waals surface area (Å²) in [6.07, 6.45) is -0.821. The van der Waals surface area contributed by atoms with Crippen LogP contribution in [0.15, 0.2) is 40.8 Å². The van der Waals surface area contributed by atoms with Crippen LogP contribution < -0.4 is 11.1 Å². The Bertz CT molecular complexity index is 986. The molecule has 164 valence electrons. The van der Waals surface area contributed by atoms with E-state index >= 15 is 0 Å². The van der Waals surface area contributed by atoms with E-state index in [4.69, 9.17) is 10.2 Å². The lowest BCUT2D eigenvalue weighted by atomic mass is 10.1. The highest BCUT2D eigenvalue weighted by molar-refractivity contribution is 6.00. The molecule has 2 heterocycles. The van der Waals surface area contributed by atoms with Crippen LogP contribution in [0.5, 0.6) is 0 Å². The van der Waals surface area contributed by atoms with Gasteiger partial charge in [-0.25, -0.2) is 0 Å². The molecule has 1 fully saturated rings. The van der Waals surface area contributed by atoms with Crippen molar-refractivity contribution in [2.45, 2.75) is 19.5 Å². The number of nitrogens with one attached hydrogen (secondary N) is 1. The third-order valence-corrected chi connectivity index (χ3v) is 4.87. The van der Waals surface area contributed by atoms with Crippen LogP contribution in [0.1, 0.15) is 32.9 Å². The second-order valence-electron chi connectivity index (χ2n) is 7.07.